The van der Waals surface area contributed by atoms with Gasteiger partial charge in [-0.3, -0.25) is 4.98 Å². The first kappa shape index (κ1) is 15.3. The van der Waals surface area contributed by atoms with Gasteiger partial charge in [0, 0.05) is 12.2 Å². The number of sulfone groups is 1. The number of ether oxygens (including phenoxy) is 1. The third kappa shape index (κ3) is 3.93. The normalized spacial score (nSPS) is 22.6. The van der Waals surface area contributed by atoms with Crippen LogP contribution in [0.3, 0.4) is 0 Å². The minimum Gasteiger partial charge on any atom is -0.495 e. The highest BCUT2D eigenvalue weighted by atomic mass is 32.2. The Morgan fingerprint density at radius 1 is 1.50 bits per heavy atom. The van der Waals surface area contributed by atoms with Crippen LogP contribution in [0, 0.1) is 5.92 Å². The third-order valence-corrected chi connectivity index (χ3v) is 5.56. The van der Waals surface area contributed by atoms with Crippen molar-refractivity contribution in [1.29, 1.82) is 0 Å². The molecule has 1 fully saturated rings. The van der Waals surface area contributed by atoms with Gasteiger partial charge >= 0.3 is 0 Å². The molecule has 0 bridgehead atoms. The van der Waals surface area contributed by atoms with Crippen LogP contribution in [0.2, 0.25) is 0 Å². The Labute approximate surface area is 120 Å². The fourth-order valence-corrected chi connectivity index (χ4v) is 4.59. The lowest BCUT2D eigenvalue weighted by Crippen LogP contribution is -2.24. The van der Waals surface area contributed by atoms with Gasteiger partial charge in [-0.25, -0.2) is 8.42 Å². The van der Waals surface area contributed by atoms with E-state index < -0.39 is 9.84 Å². The van der Waals surface area contributed by atoms with Crippen molar-refractivity contribution < 1.29 is 13.2 Å². The molecule has 0 saturated carbocycles. The fraction of sp³-hybridized carbons (Fsp3) is 0.643. The highest BCUT2D eigenvalue weighted by Crippen LogP contribution is 2.29. The molecule has 5 nitrogen and oxygen atoms in total. The Bertz CT molecular complexity index is 545. The van der Waals surface area contributed by atoms with Crippen LogP contribution in [0.4, 0.5) is 0 Å². The predicted octanol–water partition coefficient (Wildman–Crippen LogP) is 1.57. The molecule has 0 aromatic carbocycles. The second kappa shape index (κ2) is 6.54. The van der Waals surface area contributed by atoms with Crippen molar-refractivity contribution in [3.8, 4) is 5.75 Å². The maximum absolute atomic E-state index is 11.6. The maximum atomic E-state index is 11.6. The average Bonchev–Trinajstić information content (AvgIpc) is 2.77. The van der Waals surface area contributed by atoms with Gasteiger partial charge in [-0.05, 0) is 36.9 Å². The Kier molecular flexibility index (Phi) is 4.99. The molecular formula is C14H22N2O3S. The molecule has 1 aromatic rings. The van der Waals surface area contributed by atoms with Gasteiger partial charge < -0.3 is 10.1 Å². The molecule has 1 aliphatic rings. The van der Waals surface area contributed by atoms with Crippen LogP contribution >= 0.6 is 0 Å². The molecule has 2 heterocycles. The summed E-state index contributed by atoms with van der Waals surface area (Å²) in [6.07, 6.45) is 5.08. The van der Waals surface area contributed by atoms with Gasteiger partial charge in [0.2, 0.25) is 0 Å². The second-order valence-electron chi connectivity index (χ2n) is 5.27. The van der Waals surface area contributed by atoms with Crippen molar-refractivity contribution in [2.24, 2.45) is 5.92 Å². The van der Waals surface area contributed by atoms with Crippen molar-refractivity contribution in [2.45, 2.75) is 25.8 Å². The molecule has 0 amide bonds. The Balaban J connectivity index is 2.10. The maximum Gasteiger partial charge on any atom is 0.150 e. The van der Waals surface area contributed by atoms with Crippen LogP contribution in [0.5, 0.6) is 5.75 Å². The van der Waals surface area contributed by atoms with Crippen molar-refractivity contribution in [3.05, 3.63) is 24.0 Å². The molecular weight excluding hydrogens is 276 g/mol. The number of aromatic nitrogens is 1. The topological polar surface area (TPSA) is 68.3 Å². The Hall–Kier alpha value is -1.14. The van der Waals surface area contributed by atoms with Gasteiger partial charge in [0.05, 0.1) is 24.8 Å². The van der Waals surface area contributed by atoms with E-state index in [9.17, 15) is 8.42 Å². The molecule has 1 N–H and O–H groups in total. The summed E-state index contributed by atoms with van der Waals surface area (Å²) in [7, 11) is -1.20. The highest BCUT2D eigenvalue weighted by Gasteiger charge is 2.30. The molecule has 20 heavy (non-hydrogen) atoms. The smallest absolute Gasteiger partial charge is 0.150 e. The van der Waals surface area contributed by atoms with E-state index in [2.05, 4.69) is 10.3 Å². The van der Waals surface area contributed by atoms with Crippen LogP contribution in [0.1, 0.15) is 31.4 Å². The van der Waals surface area contributed by atoms with Crippen LogP contribution < -0.4 is 10.1 Å². The van der Waals surface area contributed by atoms with Gasteiger partial charge in [-0.15, -0.1) is 0 Å². The van der Waals surface area contributed by atoms with Gasteiger partial charge in [0.1, 0.15) is 5.75 Å². The van der Waals surface area contributed by atoms with Gasteiger partial charge in [-0.2, -0.15) is 0 Å². The fourth-order valence-electron chi connectivity index (χ4n) is 2.71. The molecule has 112 valence electrons. The quantitative estimate of drug-likeness (QED) is 0.863. The standard InChI is InChI=1S/C14H22N2O3S/c1-3-16-14(6-11-4-5-20(17,18)10-11)12-7-13(19-2)9-15-8-12/h7-9,11,14,16H,3-6,10H2,1-2H3. The summed E-state index contributed by atoms with van der Waals surface area (Å²) in [4.78, 5) is 4.18. The number of nitrogens with zero attached hydrogens (tertiary/aromatic N) is 1. The van der Waals surface area contributed by atoms with Crippen LogP contribution in [-0.4, -0.2) is 38.6 Å². The molecule has 2 unspecified atom stereocenters. The molecule has 6 heteroatoms. The van der Waals surface area contributed by atoms with E-state index >= 15 is 0 Å². The molecule has 1 aliphatic heterocycles. The zero-order valence-corrected chi connectivity index (χ0v) is 12.8. The molecule has 2 atom stereocenters. The summed E-state index contributed by atoms with van der Waals surface area (Å²) >= 11 is 0. The number of hydrogen-bond acceptors (Lipinski definition) is 5. The molecule has 1 saturated heterocycles. The predicted molar refractivity (Wildman–Crippen MR) is 78.6 cm³/mol. The van der Waals surface area contributed by atoms with Gasteiger partial charge in [0.25, 0.3) is 0 Å². The van der Waals surface area contributed by atoms with E-state index in [1.54, 1.807) is 13.3 Å². The Morgan fingerprint density at radius 2 is 2.30 bits per heavy atom. The monoisotopic (exact) mass is 298 g/mol. The number of nitrogens with one attached hydrogen (secondary N) is 1. The lowest BCUT2D eigenvalue weighted by Gasteiger charge is -2.21. The van der Waals surface area contributed by atoms with E-state index in [4.69, 9.17) is 4.74 Å². The zero-order chi connectivity index (χ0) is 14.6. The van der Waals surface area contributed by atoms with Crippen molar-refractivity contribution >= 4 is 9.84 Å². The molecule has 0 radical (unpaired) electrons. The summed E-state index contributed by atoms with van der Waals surface area (Å²) in [5.41, 5.74) is 1.05. The lowest BCUT2D eigenvalue weighted by molar-refractivity contribution is 0.402. The third-order valence-electron chi connectivity index (χ3n) is 3.72. The summed E-state index contributed by atoms with van der Waals surface area (Å²) < 4.78 is 28.3. The second-order valence-corrected chi connectivity index (χ2v) is 7.50. The first-order valence-electron chi connectivity index (χ1n) is 6.97. The summed E-state index contributed by atoms with van der Waals surface area (Å²) in [5.74, 6) is 1.60. The highest BCUT2D eigenvalue weighted by molar-refractivity contribution is 7.91. The van der Waals surface area contributed by atoms with Crippen molar-refractivity contribution in [3.63, 3.8) is 0 Å². The first-order chi connectivity index (χ1) is 9.54. The molecule has 0 spiro atoms. The Morgan fingerprint density at radius 3 is 2.90 bits per heavy atom. The van der Waals surface area contributed by atoms with E-state index in [-0.39, 0.29) is 12.0 Å². The lowest BCUT2D eigenvalue weighted by atomic mass is 9.95. The van der Waals surface area contributed by atoms with Crippen LogP contribution in [0.15, 0.2) is 18.5 Å². The molecule has 0 aliphatic carbocycles. The average molecular weight is 298 g/mol. The summed E-state index contributed by atoms with van der Waals surface area (Å²) in [6, 6.07) is 2.09. The number of hydrogen-bond donors (Lipinski definition) is 1. The zero-order valence-electron chi connectivity index (χ0n) is 12.0. The number of methoxy groups -OCH3 is 1. The van der Waals surface area contributed by atoms with E-state index in [1.165, 1.54) is 0 Å². The largest absolute Gasteiger partial charge is 0.495 e. The number of rotatable bonds is 6. The van der Waals surface area contributed by atoms with E-state index in [0.717, 1.165) is 30.7 Å². The van der Waals surface area contributed by atoms with Crippen molar-refractivity contribution in [1.82, 2.24) is 10.3 Å². The SMILES string of the molecule is CCNC(CC1CCS(=O)(=O)C1)c1cncc(OC)c1. The number of pyridine rings is 1. The van der Waals surface area contributed by atoms with Crippen molar-refractivity contribution in [2.75, 3.05) is 25.2 Å². The summed E-state index contributed by atoms with van der Waals surface area (Å²) in [6.45, 7) is 2.88. The minimum atomic E-state index is -2.82. The first-order valence-corrected chi connectivity index (χ1v) is 8.79. The van der Waals surface area contributed by atoms with E-state index in [0.29, 0.717) is 11.5 Å². The van der Waals surface area contributed by atoms with Gasteiger partial charge in [-0.1, -0.05) is 6.92 Å². The van der Waals surface area contributed by atoms with Crippen LogP contribution in [-0.2, 0) is 9.84 Å². The minimum absolute atomic E-state index is 0.126. The molecule has 1 aromatic heterocycles. The molecule has 2 rings (SSSR count). The summed E-state index contributed by atoms with van der Waals surface area (Å²) in [5, 5.41) is 3.41. The van der Waals surface area contributed by atoms with Gasteiger partial charge in [0.15, 0.2) is 9.84 Å². The van der Waals surface area contributed by atoms with Crippen LogP contribution in [0.25, 0.3) is 0 Å². The van der Waals surface area contributed by atoms with E-state index in [1.807, 2.05) is 19.2 Å².